The van der Waals surface area contributed by atoms with Crippen LogP contribution in [-0.4, -0.2) is 17.6 Å². The highest BCUT2D eigenvalue weighted by molar-refractivity contribution is 7.19. The van der Waals surface area contributed by atoms with E-state index < -0.39 is 0 Å². The highest BCUT2D eigenvalue weighted by Crippen LogP contribution is 2.27. The van der Waals surface area contributed by atoms with Crippen LogP contribution < -0.4 is 10.1 Å². The Hall–Kier alpha value is -2.27. The summed E-state index contributed by atoms with van der Waals surface area (Å²) in [5, 5.41) is 2.96. The van der Waals surface area contributed by atoms with Crippen LogP contribution >= 0.6 is 11.3 Å². The van der Waals surface area contributed by atoms with Gasteiger partial charge in [0.25, 0.3) is 5.91 Å². The molecular formula is C17H18N2O2S. The van der Waals surface area contributed by atoms with Gasteiger partial charge < -0.3 is 14.6 Å². The maximum atomic E-state index is 12.4. The van der Waals surface area contributed by atoms with Crippen LogP contribution in [0.2, 0.25) is 0 Å². The standard InChI is InChI=1S/C17H18N2O2S/c1-11-7-14-16(22-11)9-15(19(14)2)17(20)18-10-12-5-4-6-13(8-12)21-3/h4-9H,10H2,1-3H3,(H,18,20). The van der Waals surface area contributed by atoms with Gasteiger partial charge in [0.1, 0.15) is 11.4 Å². The Morgan fingerprint density at radius 1 is 1.32 bits per heavy atom. The Kier molecular flexibility index (Phi) is 3.90. The number of rotatable bonds is 4. The molecule has 114 valence electrons. The lowest BCUT2D eigenvalue weighted by atomic mass is 10.2. The third kappa shape index (κ3) is 2.72. The SMILES string of the molecule is COc1cccc(CNC(=O)c2cc3sc(C)cc3n2C)c1. The second-order valence-electron chi connectivity index (χ2n) is 5.23. The van der Waals surface area contributed by atoms with Crippen molar-refractivity contribution in [2.24, 2.45) is 7.05 Å². The molecular weight excluding hydrogens is 296 g/mol. The van der Waals surface area contributed by atoms with Gasteiger partial charge in [-0.15, -0.1) is 11.3 Å². The van der Waals surface area contributed by atoms with Gasteiger partial charge in [0.15, 0.2) is 0 Å². The fraction of sp³-hybridized carbons (Fsp3) is 0.235. The fourth-order valence-corrected chi connectivity index (χ4v) is 3.50. The zero-order valence-electron chi connectivity index (χ0n) is 12.8. The highest BCUT2D eigenvalue weighted by atomic mass is 32.1. The molecule has 2 heterocycles. The number of nitrogens with zero attached hydrogens (tertiary/aromatic N) is 1. The van der Waals surface area contributed by atoms with Crippen molar-refractivity contribution in [3.8, 4) is 5.75 Å². The molecule has 0 bridgehead atoms. The predicted molar refractivity (Wildman–Crippen MR) is 89.7 cm³/mol. The van der Waals surface area contributed by atoms with Gasteiger partial charge in [-0.3, -0.25) is 4.79 Å². The number of ether oxygens (including phenoxy) is 1. The van der Waals surface area contributed by atoms with Crippen molar-refractivity contribution in [1.29, 1.82) is 0 Å². The van der Waals surface area contributed by atoms with E-state index in [1.165, 1.54) is 4.88 Å². The van der Waals surface area contributed by atoms with Crippen molar-refractivity contribution in [3.05, 3.63) is 52.5 Å². The summed E-state index contributed by atoms with van der Waals surface area (Å²) in [5.41, 5.74) is 2.80. The quantitative estimate of drug-likeness (QED) is 0.801. The first-order valence-corrected chi connectivity index (χ1v) is 7.87. The number of hydrogen-bond donors (Lipinski definition) is 1. The molecule has 0 atom stereocenters. The van der Waals surface area contributed by atoms with E-state index in [-0.39, 0.29) is 5.91 Å². The Balaban J connectivity index is 1.75. The maximum Gasteiger partial charge on any atom is 0.268 e. The van der Waals surface area contributed by atoms with E-state index in [1.807, 2.05) is 41.9 Å². The minimum Gasteiger partial charge on any atom is -0.497 e. The summed E-state index contributed by atoms with van der Waals surface area (Å²) < 4.78 is 8.28. The first-order chi connectivity index (χ1) is 10.6. The molecule has 0 fully saturated rings. The fourth-order valence-electron chi connectivity index (χ4n) is 2.51. The topological polar surface area (TPSA) is 43.3 Å². The van der Waals surface area contributed by atoms with Gasteiger partial charge in [-0.2, -0.15) is 0 Å². The van der Waals surface area contributed by atoms with Gasteiger partial charge in [-0.05, 0) is 36.8 Å². The van der Waals surface area contributed by atoms with Crippen LogP contribution in [0.4, 0.5) is 0 Å². The molecule has 0 saturated carbocycles. The lowest BCUT2D eigenvalue weighted by Crippen LogP contribution is -2.24. The van der Waals surface area contributed by atoms with Gasteiger partial charge in [0.05, 0.1) is 17.3 Å². The Morgan fingerprint density at radius 3 is 2.86 bits per heavy atom. The molecule has 0 aliphatic heterocycles. The molecule has 0 aliphatic carbocycles. The summed E-state index contributed by atoms with van der Waals surface area (Å²) in [5.74, 6) is 0.730. The number of methoxy groups -OCH3 is 1. The summed E-state index contributed by atoms with van der Waals surface area (Å²) >= 11 is 1.71. The maximum absolute atomic E-state index is 12.4. The molecule has 0 saturated heterocycles. The van der Waals surface area contributed by atoms with Crippen molar-refractivity contribution in [3.63, 3.8) is 0 Å². The van der Waals surface area contributed by atoms with Gasteiger partial charge >= 0.3 is 0 Å². The molecule has 3 aromatic rings. The van der Waals surface area contributed by atoms with Crippen LogP contribution in [0, 0.1) is 6.92 Å². The number of carbonyl (C=O) groups is 1. The molecule has 22 heavy (non-hydrogen) atoms. The average Bonchev–Trinajstić information content (AvgIpc) is 3.03. The summed E-state index contributed by atoms with van der Waals surface area (Å²) in [6.45, 7) is 2.56. The first-order valence-electron chi connectivity index (χ1n) is 7.05. The smallest absolute Gasteiger partial charge is 0.268 e. The van der Waals surface area contributed by atoms with E-state index in [4.69, 9.17) is 4.74 Å². The molecule has 5 heteroatoms. The third-order valence-electron chi connectivity index (χ3n) is 3.67. The molecule has 0 radical (unpaired) electrons. The molecule has 0 spiro atoms. The van der Waals surface area contributed by atoms with Crippen molar-refractivity contribution >= 4 is 27.5 Å². The predicted octanol–water partition coefficient (Wildman–Crippen LogP) is 3.49. The number of fused-ring (bicyclic) bond motifs is 1. The van der Waals surface area contributed by atoms with Gasteiger partial charge in [0.2, 0.25) is 0 Å². The van der Waals surface area contributed by atoms with Crippen LogP contribution in [-0.2, 0) is 13.6 Å². The van der Waals surface area contributed by atoms with Crippen molar-refractivity contribution in [2.75, 3.05) is 7.11 Å². The van der Waals surface area contributed by atoms with E-state index in [0.29, 0.717) is 12.2 Å². The molecule has 2 aromatic heterocycles. The van der Waals surface area contributed by atoms with Crippen molar-refractivity contribution in [2.45, 2.75) is 13.5 Å². The Morgan fingerprint density at radius 2 is 2.14 bits per heavy atom. The average molecular weight is 314 g/mol. The zero-order chi connectivity index (χ0) is 15.7. The number of thiophene rings is 1. The monoisotopic (exact) mass is 314 g/mol. The Labute approximate surface area is 133 Å². The van der Waals surface area contributed by atoms with E-state index in [0.717, 1.165) is 21.5 Å². The van der Waals surface area contributed by atoms with E-state index in [9.17, 15) is 4.79 Å². The molecule has 1 N–H and O–H groups in total. The van der Waals surface area contributed by atoms with E-state index in [2.05, 4.69) is 18.3 Å². The van der Waals surface area contributed by atoms with E-state index in [1.54, 1.807) is 18.4 Å². The first kappa shape index (κ1) is 14.7. The number of aryl methyl sites for hydroxylation is 2. The molecule has 1 amide bonds. The van der Waals surface area contributed by atoms with Crippen molar-refractivity contribution in [1.82, 2.24) is 9.88 Å². The number of aromatic nitrogens is 1. The van der Waals surface area contributed by atoms with Gasteiger partial charge in [0, 0.05) is 18.5 Å². The Bertz CT molecular complexity index is 832. The molecule has 3 rings (SSSR count). The van der Waals surface area contributed by atoms with Crippen molar-refractivity contribution < 1.29 is 9.53 Å². The van der Waals surface area contributed by atoms with Crippen LogP contribution in [0.1, 0.15) is 20.9 Å². The van der Waals surface area contributed by atoms with Crippen LogP contribution in [0.25, 0.3) is 10.2 Å². The number of benzene rings is 1. The minimum atomic E-state index is -0.0635. The second-order valence-corrected chi connectivity index (χ2v) is 6.52. The summed E-state index contributed by atoms with van der Waals surface area (Å²) in [6.07, 6.45) is 0. The minimum absolute atomic E-state index is 0.0635. The van der Waals surface area contributed by atoms with Crippen LogP contribution in [0.15, 0.2) is 36.4 Å². The van der Waals surface area contributed by atoms with E-state index >= 15 is 0 Å². The molecule has 0 aliphatic rings. The summed E-state index contributed by atoms with van der Waals surface area (Å²) in [4.78, 5) is 13.6. The zero-order valence-corrected chi connectivity index (χ0v) is 13.7. The largest absolute Gasteiger partial charge is 0.497 e. The number of nitrogens with one attached hydrogen (secondary N) is 1. The molecule has 1 aromatic carbocycles. The summed E-state index contributed by atoms with van der Waals surface area (Å²) in [7, 11) is 3.56. The van der Waals surface area contributed by atoms with Gasteiger partial charge in [-0.1, -0.05) is 12.1 Å². The number of carbonyl (C=O) groups excluding carboxylic acids is 1. The lowest BCUT2D eigenvalue weighted by Gasteiger charge is -2.08. The lowest BCUT2D eigenvalue weighted by molar-refractivity contribution is 0.0943. The number of hydrogen-bond acceptors (Lipinski definition) is 3. The normalized spacial score (nSPS) is 10.9. The third-order valence-corrected chi connectivity index (χ3v) is 4.66. The van der Waals surface area contributed by atoms with Crippen LogP contribution in [0.3, 0.4) is 0 Å². The number of amides is 1. The second kappa shape index (κ2) is 5.85. The van der Waals surface area contributed by atoms with Gasteiger partial charge in [-0.25, -0.2) is 0 Å². The molecule has 0 unspecified atom stereocenters. The van der Waals surface area contributed by atoms with Crippen LogP contribution in [0.5, 0.6) is 5.75 Å². The highest BCUT2D eigenvalue weighted by Gasteiger charge is 2.14. The molecule has 4 nitrogen and oxygen atoms in total. The summed E-state index contributed by atoms with van der Waals surface area (Å²) in [6, 6.07) is 11.8.